The quantitative estimate of drug-likeness (QED) is 0.802. The second-order valence-electron chi connectivity index (χ2n) is 3.42. The minimum atomic E-state index is -0.580. The second kappa shape index (κ2) is 5.65. The topological polar surface area (TPSA) is 64.0 Å². The summed E-state index contributed by atoms with van der Waals surface area (Å²) in [6.45, 7) is 4.20. The van der Waals surface area contributed by atoms with Crippen molar-refractivity contribution in [1.82, 2.24) is 14.9 Å². The van der Waals surface area contributed by atoms with E-state index in [-0.39, 0.29) is 16.6 Å². The van der Waals surface area contributed by atoms with Gasteiger partial charge < -0.3 is 5.32 Å². The molecule has 0 saturated heterocycles. The summed E-state index contributed by atoms with van der Waals surface area (Å²) in [6, 6.07) is 0.606. The first-order valence-corrected chi connectivity index (χ1v) is 5.45. The van der Waals surface area contributed by atoms with E-state index in [0.29, 0.717) is 6.54 Å². The predicted octanol–water partition coefficient (Wildman–Crippen LogP) is 0.984. The molecule has 6 heteroatoms. The molecule has 1 atom stereocenters. The van der Waals surface area contributed by atoms with Crippen LogP contribution in [0.4, 0.5) is 0 Å². The fraction of sp³-hybridized carbons (Fsp3) is 0.500. The van der Waals surface area contributed by atoms with Crippen molar-refractivity contribution in [2.24, 2.45) is 0 Å². The van der Waals surface area contributed by atoms with Gasteiger partial charge in [-0.2, -0.15) is 0 Å². The average Bonchev–Trinajstić information content (AvgIpc) is 2.25. The summed E-state index contributed by atoms with van der Waals surface area (Å²) in [6.07, 6.45) is 2.13. The molecule has 5 nitrogen and oxygen atoms in total. The fourth-order valence-electron chi connectivity index (χ4n) is 1.20. The molecule has 0 bridgehead atoms. The molecule has 0 spiro atoms. The molecule has 0 fully saturated rings. The molecule has 0 radical (unpaired) electrons. The van der Waals surface area contributed by atoms with E-state index in [9.17, 15) is 9.59 Å². The molecule has 1 heterocycles. The molecule has 16 heavy (non-hydrogen) atoms. The van der Waals surface area contributed by atoms with Gasteiger partial charge in [0.2, 0.25) is 5.91 Å². The lowest BCUT2D eigenvalue weighted by molar-refractivity contribution is -0.123. The van der Waals surface area contributed by atoms with Gasteiger partial charge in [-0.1, -0.05) is 18.5 Å². The molecule has 1 rings (SSSR count). The molecular weight excluding hydrogens is 230 g/mol. The van der Waals surface area contributed by atoms with Gasteiger partial charge in [-0.15, -0.1) is 0 Å². The summed E-state index contributed by atoms with van der Waals surface area (Å²) in [5.74, 6) is -0.201. The zero-order valence-electron chi connectivity index (χ0n) is 9.24. The van der Waals surface area contributed by atoms with Crippen LogP contribution in [-0.4, -0.2) is 22.0 Å². The number of hydrogen-bond acceptors (Lipinski definition) is 3. The van der Waals surface area contributed by atoms with Crippen molar-refractivity contribution in [3.8, 4) is 0 Å². The highest BCUT2D eigenvalue weighted by molar-refractivity contribution is 6.29. The minimum Gasteiger partial charge on any atom is -0.354 e. The zero-order valence-corrected chi connectivity index (χ0v) is 9.99. The average molecular weight is 244 g/mol. The molecule has 1 aromatic heterocycles. The van der Waals surface area contributed by atoms with E-state index in [2.05, 4.69) is 10.3 Å². The number of rotatable bonds is 4. The van der Waals surface area contributed by atoms with E-state index in [1.54, 1.807) is 6.92 Å². The molecule has 1 unspecified atom stereocenters. The molecule has 1 aromatic rings. The van der Waals surface area contributed by atoms with Gasteiger partial charge in [0.1, 0.15) is 11.2 Å². The largest absolute Gasteiger partial charge is 0.354 e. The summed E-state index contributed by atoms with van der Waals surface area (Å²) < 4.78 is 1.25. The molecule has 0 aliphatic carbocycles. The highest BCUT2D eigenvalue weighted by atomic mass is 35.5. The van der Waals surface area contributed by atoms with Gasteiger partial charge in [-0.25, -0.2) is 4.98 Å². The molecule has 0 saturated carbocycles. The normalized spacial score (nSPS) is 12.2. The highest BCUT2D eigenvalue weighted by Crippen LogP contribution is 2.03. The Morgan fingerprint density at radius 3 is 2.94 bits per heavy atom. The van der Waals surface area contributed by atoms with Crippen LogP contribution >= 0.6 is 11.6 Å². The maximum Gasteiger partial charge on any atom is 0.255 e. The number of nitrogens with one attached hydrogen (secondary N) is 1. The number of amides is 1. The third kappa shape index (κ3) is 3.06. The van der Waals surface area contributed by atoms with Crippen molar-refractivity contribution >= 4 is 17.5 Å². The van der Waals surface area contributed by atoms with Crippen LogP contribution in [0.25, 0.3) is 0 Å². The van der Waals surface area contributed by atoms with Crippen molar-refractivity contribution in [1.29, 1.82) is 0 Å². The van der Waals surface area contributed by atoms with Crippen LogP contribution in [0, 0.1) is 0 Å². The maximum absolute atomic E-state index is 11.6. The van der Waals surface area contributed by atoms with Gasteiger partial charge >= 0.3 is 0 Å². The van der Waals surface area contributed by atoms with E-state index >= 15 is 0 Å². The van der Waals surface area contributed by atoms with Crippen LogP contribution in [0.15, 0.2) is 17.2 Å². The molecule has 88 valence electrons. The summed E-state index contributed by atoms with van der Waals surface area (Å²) >= 11 is 5.56. The smallest absolute Gasteiger partial charge is 0.255 e. The van der Waals surface area contributed by atoms with Crippen LogP contribution in [0.1, 0.15) is 26.3 Å². The van der Waals surface area contributed by atoms with Crippen molar-refractivity contribution in [3.63, 3.8) is 0 Å². The first-order chi connectivity index (χ1) is 7.56. The van der Waals surface area contributed by atoms with E-state index in [0.717, 1.165) is 6.42 Å². The van der Waals surface area contributed by atoms with E-state index in [4.69, 9.17) is 11.6 Å². The standard InChI is InChI=1S/C10H14ClN3O2/c1-3-4-12-10(16)7(2)14-6-13-8(11)5-9(14)15/h5-7H,3-4H2,1-2H3,(H,12,16). The van der Waals surface area contributed by atoms with Gasteiger partial charge in [-0.3, -0.25) is 14.2 Å². The molecule has 1 N–H and O–H groups in total. The van der Waals surface area contributed by atoms with Gasteiger partial charge in [-0.05, 0) is 13.3 Å². The summed E-state index contributed by atoms with van der Waals surface area (Å²) in [7, 11) is 0. The van der Waals surface area contributed by atoms with E-state index < -0.39 is 6.04 Å². The third-order valence-corrected chi connectivity index (χ3v) is 2.36. The van der Waals surface area contributed by atoms with Gasteiger partial charge in [0.25, 0.3) is 5.56 Å². The Kier molecular flexibility index (Phi) is 4.49. The molecule has 1 amide bonds. The molecule has 0 aromatic carbocycles. The Morgan fingerprint density at radius 2 is 2.38 bits per heavy atom. The van der Waals surface area contributed by atoms with Crippen LogP contribution in [0.2, 0.25) is 5.15 Å². The lowest BCUT2D eigenvalue weighted by Gasteiger charge is -2.13. The first-order valence-electron chi connectivity index (χ1n) is 5.07. The zero-order chi connectivity index (χ0) is 12.1. The second-order valence-corrected chi connectivity index (χ2v) is 3.81. The number of aromatic nitrogens is 2. The number of halogens is 1. The number of carbonyl (C=O) groups is 1. The Balaban J connectivity index is 2.84. The van der Waals surface area contributed by atoms with E-state index in [1.807, 2.05) is 6.92 Å². The van der Waals surface area contributed by atoms with E-state index in [1.165, 1.54) is 17.0 Å². The van der Waals surface area contributed by atoms with Gasteiger partial charge in [0.05, 0.1) is 6.33 Å². The maximum atomic E-state index is 11.6. The Bertz CT molecular complexity index is 430. The Labute approximate surface area is 98.4 Å². The SMILES string of the molecule is CCCNC(=O)C(C)n1cnc(Cl)cc1=O. The van der Waals surface area contributed by atoms with Crippen molar-refractivity contribution in [3.05, 3.63) is 27.9 Å². The van der Waals surface area contributed by atoms with Crippen molar-refractivity contribution in [2.75, 3.05) is 6.54 Å². The summed E-state index contributed by atoms with van der Waals surface area (Å²) in [5, 5.41) is 2.84. The highest BCUT2D eigenvalue weighted by Gasteiger charge is 2.15. The predicted molar refractivity (Wildman–Crippen MR) is 61.5 cm³/mol. The molecular formula is C10H14ClN3O2. The molecule has 0 aliphatic heterocycles. The Hall–Kier alpha value is -1.36. The summed E-state index contributed by atoms with van der Waals surface area (Å²) in [5.41, 5.74) is -0.334. The number of nitrogens with zero attached hydrogens (tertiary/aromatic N) is 2. The lowest BCUT2D eigenvalue weighted by atomic mass is 10.3. The van der Waals surface area contributed by atoms with Crippen LogP contribution in [-0.2, 0) is 4.79 Å². The van der Waals surface area contributed by atoms with Crippen LogP contribution in [0.3, 0.4) is 0 Å². The fourth-order valence-corrected chi connectivity index (χ4v) is 1.34. The number of hydrogen-bond donors (Lipinski definition) is 1. The van der Waals surface area contributed by atoms with Crippen molar-refractivity contribution in [2.45, 2.75) is 26.3 Å². The van der Waals surface area contributed by atoms with Crippen LogP contribution < -0.4 is 10.9 Å². The Morgan fingerprint density at radius 1 is 1.69 bits per heavy atom. The van der Waals surface area contributed by atoms with Crippen molar-refractivity contribution < 1.29 is 4.79 Å². The van der Waals surface area contributed by atoms with Gasteiger partial charge in [0.15, 0.2) is 0 Å². The lowest BCUT2D eigenvalue weighted by Crippen LogP contribution is -2.35. The minimum absolute atomic E-state index is 0.127. The monoisotopic (exact) mass is 243 g/mol. The van der Waals surface area contributed by atoms with Crippen LogP contribution in [0.5, 0.6) is 0 Å². The third-order valence-electron chi connectivity index (χ3n) is 2.15. The molecule has 0 aliphatic rings. The first kappa shape index (κ1) is 12.7. The number of carbonyl (C=O) groups excluding carboxylic acids is 1. The summed E-state index contributed by atoms with van der Waals surface area (Å²) in [4.78, 5) is 26.9. The van der Waals surface area contributed by atoms with Gasteiger partial charge in [0, 0.05) is 12.6 Å².